The van der Waals surface area contributed by atoms with Gasteiger partial charge < -0.3 is 4.74 Å². The Labute approximate surface area is 52.0 Å². The third-order valence-corrected chi connectivity index (χ3v) is 0.690. The van der Waals surface area contributed by atoms with E-state index in [0.717, 1.165) is 13.0 Å². The van der Waals surface area contributed by atoms with E-state index in [0.29, 0.717) is 5.92 Å². The van der Waals surface area contributed by atoms with Gasteiger partial charge in [0.1, 0.15) is 0 Å². The Morgan fingerprint density at radius 1 is 1.50 bits per heavy atom. The van der Waals surface area contributed by atoms with Crippen molar-refractivity contribution in [2.24, 2.45) is 5.92 Å². The van der Waals surface area contributed by atoms with Crippen LogP contribution in [0.25, 0.3) is 0 Å². The van der Waals surface area contributed by atoms with Crippen molar-refractivity contribution in [2.45, 2.75) is 27.2 Å². The minimum atomic E-state index is 0.557. The molecule has 0 rings (SSSR count). The molecule has 0 aromatic heterocycles. The summed E-state index contributed by atoms with van der Waals surface area (Å²) >= 11 is 0. The van der Waals surface area contributed by atoms with Gasteiger partial charge in [0, 0.05) is 6.61 Å². The van der Waals surface area contributed by atoms with Gasteiger partial charge in [0.15, 0.2) is 0 Å². The fraction of sp³-hybridized carbons (Fsp3) is 0.857. The van der Waals surface area contributed by atoms with E-state index in [1.807, 2.05) is 6.61 Å². The molecule has 1 nitrogen and oxygen atoms in total. The first-order valence-corrected chi connectivity index (χ1v) is 3.22. The summed E-state index contributed by atoms with van der Waals surface area (Å²) in [6, 6.07) is 0. The van der Waals surface area contributed by atoms with Crippen molar-refractivity contribution in [2.75, 3.05) is 6.61 Å². The predicted octanol–water partition coefficient (Wildman–Crippen LogP) is 2.23. The van der Waals surface area contributed by atoms with E-state index in [1.165, 1.54) is 0 Å². The summed E-state index contributed by atoms with van der Waals surface area (Å²) in [5.41, 5.74) is 0. The fourth-order valence-electron chi connectivity index (χ4n) is 0.378. The van der Waals surface area contributed by atoms with Crippen LogP contribution in [0, 0.1) is 12.5 Å². The normalized spacial score (nSPS) is 10.5. The second-order valence-corrected chi connectivity index (χ2v) is 2.25. The van der Waals surface area contributed by atoms with Crippen LogP contribution in [-0.2, 0) is 4.74 Å². The molecule has 0 aromatic carbocycles. The highest BCUT2D eigenvalue weighted by molar-refractivity contribution is 4.53. The smallest absolute Gasteiger partial charge is 0.0861 e. The second kappa shape index (κ2) is 5.10. The first kappa shape index (κ1) is 7.96. The van der Waals surface area contributed by atoms with Crippen LogP contribution in [0.4, 0.5) is 0 Å². The summed E-state index contributed by atoms with van der Waals surface area (Å²) < 4.78 is 5.12. The molecule has 0 spiro atoms. The molecule has 0 unspecified atom stereocenters. The summed E-state index contributed by atoms with van der Waals surface area (Å²) in [6.45, 7) is 9.06. The van der Waals surface area contributed by atoms with Gasteiger partial charge >= 0.3 is 0 Å². The standard InChI is InChI=1S/C7H15O/c1-4-5-8-6-7(2)3/h6-7H,4-5H2,1-3H3. The van der Waals surface area contributed by atoms with Crippen LogP contribution in [0.5, 0.6) is 0 Å². The molecule has 0 amide bonds. The highest BCUT2D eigenvalue weighted by Crippen LogP contribution is 1.98. The van der Waals surface area contributed by atoms with Gasteiger partial charge in [-0.25, -0.2) is 0 Å². The van der Waals surface area contributed by atoms with Crippen LogP contribution < -0.4 is 0 Å². The number of rotatable bonds is 4. The summed E-state index contributed by atoms with van der Waals surface area (Å²) in [5.74, 6) is 0.557. The largest absolute Gasteiger partial charge is 0.375 e. The Kier molecular flexibility index (Phi) is 5.08. The van der Waals surface area contributed by atoms with Gasteiger partial charge in [-0.2, -0.15) is 0 Å². The molecular weight excluding hydrogens is 100 g/mol. The monoisotopic (exact) mass is 115 g/mol. The summed E-state index contributed by atoms with van der Waals surface area (Å²) in [6.07, 6.45) is 1.10. The molecule has 0 atom stereocenters. The third-order valence-electron chi connectivity index (χ3n) is 0.690. The van der Waals surface area contributed by atoms with E-state index in [-0.39, 0.29) is 0 Å². The van der Waals surface area contributed by atoms with Gasteiger partial charge in [-0.1, -0.05) is 20.8 Å². The van der Waals surface area contributed by atoms with Gasteiger partial charge in [-0.3, -0.25) is 0 Å². The molecule has 8 heavy (non-hydrogen) atoms. The average Bonchev–Trinajstić information content (AvgIpc) is 1.66. The van der Waals surface area contributed by atoms with Gasteiger partial charge in [-0.15, -0.1) is 0 Å². The Hall–Kier alpha value is -0.0400. The second-order valence-electron chi connectivity index (χ2n) is 2.25. The van der Waals surface area contributed by atoms with E-state index >= 15 is 0 Å². The lowest BCUT2D eigenvalue weighted by Gasteiger charge is -2.02. The molecule has 1 radical (unpaired) electrons. The molecular formula is C7H15O. The number of ether oxygens (including phenoxy) is 1. The predicted molar refractivity (Wildman–Crippen MR) is 35.4 cm³/mol. The summed E-state index contributed by atoms with van der Waals surface area (Å²) in [7, 11) is 0. The molecule has 0 N–H and O–H groups in total. The minimum Gasteiger partial charge on any atom is -0.375 e. The fourth-order valence-corrected chi connectivity index (χ4v) is 0.378. The van der Waals surface area contributed by atoms with Crippen LogP contribution in [-0.4, -0.2) is 6.61 Å². The van der Waals surface area contributed by atoms with Crippen LogP contribution >= 0.6 is 0 Å². The zero-order valence-electron chi connectivity index (χ0n) is 5.98. The van der Waals surface area contributed by atoms with Crippen molar-refractivity contribution in [1.29, 1.82) is 0 Å². The maximum absolute atomic E-state index is 5.12. The van der Waals surface area contributed by atoms with Crippen molar-refractivity contribution in [3.63, 3.8) is 0 Å². The first-order valence-electron chi connectivity index (χ1n) is 3.22. The summed E-state index contributed by atoms with van der Waals surface area (Å²) in [4.78, 5) is 0. The molecule has 0 fully saturated rings. The average molecular weight is 115 g/mol. The number of hydrogen-bond donors (Lipinski definition) is 0. The van der Waals surface area contributed by atoms with Crippen molar-refractivity contribution in [1.82, 2.24) is 0 Å². The lowest BCUT2D eigenvalue weighted by molar-refractivity contribution is 0.174. The zero-order chi connectivity index (χ0) is 6.41. The van der Waals surface area contributed by atoms with Crippen LogP contribution in [0.15, 0.2) is 0 Å². The highest BCUT2D eigenvalue weighted by Gasteiger charge is 1.91. The third kappa shape index (κ3) is 5.96. The van der Waals surface area contributed by atoms with Crippen LogP contribution in [0.3, 0.4) is 0 Å². The lowest BCUT2D eigenvalue weighted by Crippen LogP contribution is -1.94. The van der Waals surface area contributed by atoms with Crippen molar-refractivity contribution in [3.05, 3.63) is 6.61 Å². The molecule has 0 aromatic rings. The number of hydrogen-bond acceptors (Lipinski definition) is 1. The van der Waals surface area contributed by atoms with Gasteiger partial charge in [0.05, 0.1) is 6.61 Å². The first-order chi connectivity index (χ1) is 3.77. The SMILES string of the molecule is CCCO[CH]C(C)C. The molecule has 49 valence electrons. The maximum atomic E-state index is 5.12. The van der Waals surface area contributed by atoms with E-state index in [1.54, 1.807) is 0 Å². The topological polar surface area (TPSA) is 9.23 Å². The molecule has 0 saturated heterocycles. The highest BCUT2D eigenvalue weighted by atomic mass is 16.5. The van der Waals surface area contributed by atoms with Gasteiger partial charge in [0.25, 0.3) is 0 Å². The minimum absolute atomic E-state index is 0.557. The Morgan fingerprint density at radius 3 is 2.50 bits per heavy atom. The van der Waals surface area contributed by atoms with Gasteiger partial charge in [-0.05, 0) is 12.3 Å². The molecule has 0 aliphatic carbocycles. The lowest BCUT2D eigenvalue weighted by atomic mass is 10.2. The van der Waals surface area contributed by atoms with Crippen molar-refractivity contribution in [3.8, 4) is 0 Å². The van der Waals surface area contributed by atoms with Crippen molar-refractivity contribution >= 4 is 0 Å². The van der Waals surface area contributed by atoms with Crippen LogP contribution in [0.1, 0.15) is 27.2 Å². The quantitative estimate of drug-likeness (QED) is 0.510. The Bertz CT molecular complexity index is 41.7. The summed E-state index contributed by atoms with van der Waals surface area (Å²) in [5, 5.41) is 0. The molecule has 0 heterocycles. The van der Waals surface area contributed by atoms with Crippen molar-refractivity contribution < 1.29 is 4.74 Å². The van der Waals surface area contributed by atoms with E-state index < -0.39 is 0 Å². The maximum Gasteiger partial charge on any atom is 0.0861 e. The molecule has 1 heteroatoms. The Balaban J connectivity index is 2.72. The molecule has 0 aliphatic heterocycles. The molecule has 0 bridgehead atoms. The van der Waals surface area contributed by atoms with E-state index in [2.05, 4.69) is 20.8 Å². The van der Waals surface area contributed by atoms with E-state index in [4.69, 9.17) is 4.74 Å². The van der Waals surface area contributed by atoms with Crippen LogP contribution in [0.2, 0.25) is 0 Å². The van der Waals surface area contributed by atoms with E-state index in [9.17, 15) is 0 Å². The molecule has 0 aliphatic rings. The Morgan fingerprint density at radius 2 is 2.12 bits per heavy atom. The zero-order valence-corrected chi connectivity index (χ0v) is 5.98. The van der Waals surface area contributed by atoms with Gasteiger partial charge in [0.2, 0.25) is 0 Å². The molecule has 0 saturated carbocycles.